The number of carbonyl (C=O) groups is 1. The molecule has 0 aliphatic rings. The minimum absolute atomic E-state index is 0. The molecule has 0 aliphatic heterocycles. The number of benzene rings is 1. The number of aliphatic carboxylic acids is 1. The van der Waals surface area contributed by atoms with Crippen molar-refractivity contribution in [2.24, 2.45) is 5.73 Å². The summed E-state index contributed by atoms with van der Waals surface area (Å²) in [7, 11) is 1.60. The van der Waals surface area contributed by atoms with Crippen LogP contribution in [-0.4, -0.2) is 24.2 Å². The fourth-order valence-electron chi connectivity index (χ4n) is 1.36. The molecule has 1 rings (SSSR count). The van der Waals surface area contributed by atoms with Crippen LogP contribution in [0.3, 0.4) is 0 Å². The minimum atomic E-state index is -0.865. The molecule has 0 fully saturated rings. The van der Waals surface area contributed by atoms with Crippen molar-refractivity contribution in [3.05, 3.63) is 29.8 Å². The fraction of sp³-hybridized carbons (Fsp3) is 0.364. The SMILES string of the molecule is COc1ccc(CC(N)CC(=O)O)cc1.Cl. The average Bonchev–Trinajstić information content (AvgIpc) is 2.17. The quantitative estimate of drug-likeness (QED) is 0.824. The molecule has 5 heteroatoms. The van der Waals surface area contributed by atoms with Gasteiger partial charge in [-0.15, -0.1) is 12.4 Å². The largest absolute Gasteiger partial charge is 0.497 e. The van der Waals surface area contributed by atoms with Gasteiger partial charge in [0.25, 0.3) is 0 Å². The van der Waals surface area contributed by atoms with Gasteiger partial charge in [0.05, 0.1) is 13.5 Å². The maximum Gasteiger partial charge on any atom is 0.304 e. The lowest BCUT2D eigenvalue weighted by molar-refractivity contribution is -0.137. The zero-order chi connectivity index (χ0) is 11.3. The Morgan fingerprint density at radius 1 is 1.44 bits per heavy atom. The summed E-state index contributed by atoms with van der Waals surface area (Å²) in [4.78, 5) is 10.4. The van der Waals surface area contributed by atoms with Gasteiger partial charge < -0.3 is 15.6 Å². The Kier molecular flexibility index (Phi) is 6.53. The van der Waals surface area contributed by atoms with Crippen LogP contribution in [0.15, 0.2) is 24.3 Å². The van der Waals surface area contributed by atoms with E-state index in [-0.39, 0.29) is 24.9 Å². The second-order valence-electron chi connectivity index (χ2n) is 3.41. The molecule has 4 nitrogen and oxygen atoms in total. The van der Waals surface area contributed by atoms with Crippen LogP contribution in [0.2, 0.25) is 0 Å². The maximum absolute atomic E-state index is 10.4. The third-order valence-electron chi connectivity index (χ3n) is 2.09. The lowest BCUT2D eigenvalue weighted by Crippen LogP contribution is -2.26. The van der Waals surface area contributed by atoms with E-state index >= 15 is 0 Å². The van der Waals surface area contributed by atoms with Crippen LogP contribution < -0.4 is 10.5 Å². The second-order valence-corrected chi connectivity index (χ2v) is 3.41. The van der Waals surface area contributed by atoms with Gasteiger partial charge in [-0.25, -0.2) is 0 Å². The lowest BCUT2D eigenvalue weighted by atomic mass is 10.0. The highest BCUT2D eigenvalue weighted by atomic mass is 35.5. The summed E-state index contributed by atoms with van der Waals surface area (Å²) in [5, 5.41) is 8.54. The van der Waals surface area contributed by atoms with E-state index in [1.807, 2.05) is 24.3 Å². The van der Waals surface area contributed by atoms with Gasteiger partial charge in [0.2, 0.25) is 0 Å². The molecule has 1 aromatic carbocycles. The molecule has 0 aliphatic carbocycles. The Bertz CT molecular complexity index is 327. The van der Waals surface area contributed by atoms with Crippen LogP contribution >= 0.6 is 12.4 Å². The first-order chi connectivity index (χ1) is 7.11. The van der Waals surface area contributed by atoms with Crippen molar-refractivity contribution < 1.29 is 14.6 Å². The molecule has 0 amide bonds. The number of ether oxygens (including phenoxy) is 1. The van der Waals surface area contributed by atoms with E-state index in [2.05, 4.69) is 0 Å². The van der Waals surface area contributed by atoms with E-state index in [1.54, 1.807) is 7.11 Å². The first kappa shape index (κ1) is 14.7. The second kappa shape index (κ2) is 7.09. The Labute approximate surface area is 101 Å². The monoisotopic (exact) mass is 245 g/mol. The molecule has 0 radical (unpaired) electrons. The highest BCUT2D eigenvalue weighted by Gasteiger charge is 2.08. The summed E-state index contributed by atoms with van der Waals surface area (Å²) >= 11 is 0. The van der Waals surface area contributed by atoms with Crippen molar-refractivity contribution in [3.8, 4) is 5.75 Å². The number of nitrogens with two attached hydrogens (primary N) is 1. The Balaban J connectivity index is 0.00000225. The number of hydrogen-bond donors (Lipinski definition) is 2. The third-order valence-corrected chi connectivity index (χ3v) is 2.09. The predicted octanol–water partition coefficient (Wildman–Crippen LogP) is 1.46. The van der Waals surface area contributed by atoms with E-state index in [1.165, 1.54) is 0 Å². The van der Waals surface area contributed by atoms with E-state index in [0.717, 1.165) is 11.3 Å². The first-order valence-corrected chi connectivity index (χ1v) is 4.72. The smallest absolute Gasteiger partial charge is 0.304 e. The summed E-state index contributed by atoms with van der Waals surface area (Å²) in [6.07, 6.45) is 0.558. The number of rotatable bonds is 5. The Morgan fingerprint density at radius 2 is 2.00 bits per heavy atom. The van der Waals surface area contributed by atoms with Crippen LogP contribution in [0.5, 0.6) is 5.75 Å². The van der Waals surface area contributed by atoms with Crippen LogP contribution in [0.1, 0.15) is 12.0 Å². The van der Waals surface area contributed by atoms with Crippen LogP contribution in [-0.2, 0) is 11.2 Å². The molecule has 0 bridgehead atoms. The van der Waals surface area contributed by atoms with Crippen molar-refractivity contribution in [2.45, 2.75) is 18.9 Å². The molecule has 1 atom stereocenters. The number of carboxylic acid groups (broad SMARTS) is 1. The molecule has 0 spiro atoms. The number of halogens is 1. The minimum Gasteiger partial charge on any atom is -0.497 e. The number of hydrogen-bond acceptors (Lipinski definition) is 3. The van der Waals surface area contributed by atoms with Crippen LogP contribution in [0, 0.1) is 0 Å². The van der Waals surface area contributed by atoms with Gasteiger partial charge in [0.1, 0.15) is 5.75 Å². The van der Waals surface area contributed by atoms with E-state index in [9.17, 15) is 4.79 Å². The van der Waals surface area contributed by atoms with Gasteiger partial charge >= 0.3 is 5.97 Å². The average molecular weight is 246 g/mol. The molecule has 0 saturated heterocycles. The van der Waals surface area contributed by atoms with Gasteiger partial charge in [-0.1, -0.05) is 12.1 Å². The highest BCUT2D eigenvalue weighted by Crippen LogP contribution is 2.12. The van der Waals surface area contributed by atoms with Gasteiger partial charge in [0.15, 0.2) is 0 Å². The molecular weight excluding hydrogens is 230 g/mol. The Morgan fingerprint density at radius 3 is 2.44 bits per heavy atom. The predicted molar refractivity (Wildman–Crippen MR) is 64.2 cm³/mol. The van der Waals surface area contributed by atoms with Crippen molar-refractivity contribution in [2.75, 3.05) is 7.11 Å². The number of methoxy groups -OCH3 is 1. The van der Waals surface area contributed by atoms with Gasteiger partial charge in [-0.3, -0.25) is 4.79 Å². The van der Waals surface area contributed by atoms with E-state index < -0.39 is 5.97 Å². The summed E-state index contributed by atoms with van der Waals surface area (Å²) in [5.41, 5.74) is 6.68. The van der Waals surface area contributed by atoms with Crippen LogP contribution in [0.4, 0.5) is 0 Å². The van der Waals surface area contributed by atoms with Gasteiger partial charge in [0, 0.05) is 6.04 Å². The standard InChI is InChI=1S/C11H15NO3.ClH/c1-15-10-4-2-8(3-5-10)6-9(12)7-11(13)14;/h2-5,9H,6-7,12H2,1H3,(H,13,14);1H. The fourth-order valence-corrected chi connectivity index (χ4v) is 1.36. The molecule has 3 N–H and O–H groups in total. The third kappa shape index (κ3) is 5.00. The molecular formula is C11H16ClNO3. The van der Waals surface area contributed by atoms with Crippen molar-refractivity contribution >= 4 is 18.4 Å². The molecule has 1 unspecified atom stereocenters. The molecule has 0 aromatic heterocycles. The van der Waals surface area contributed by atoms with Gasteiger partial charge in [-0.05, 0) is 24.1 Å². The number of carboxylic acids is 1. The topological polar surface area (TPSA) is 72.5 Å². The Hall–Kier alpha value is -1.26. The summed E-state index contributed by atoms with van der Waals surface area (Å²) in [6, 6.07) is 7.11. The molecule has 1 aromatic rings. The van der Waals surface area contributed by atoms with Gasteiger partial charge in [-0.2, -0.15) is 0 Å². The zero-order valence-corrected chi connectivity index (χ0v) is 9.87. The molecule has 90 valence electrons. The molecule has 0 saturated carbocycles. The van der Waals surface area contributed by atoms with Crippen molar-refractivity contribution in [3.63, 3.8) is 0 Å². The lowest BCUT2D eigenvalue weighted by Gasteiger charge is -2.09. The van der Waals surface area contributed by atoms with Crippen LogP contribution in [0.25, 0.3) is 0 Å². The first-order valence-electron chi connectivity index (χ1n) is 4.72. The highest BCUT2D eigenvalue weighted by molar-refractivity contribution is 5.85. The van der Waals surface area contributed by atoms with E-state index in [0.29, 0.717) is 6.42 Å². The maximum atomic E-state index is 10.4. The molecule has 16 heavy (non-hydrogen) atoms. The zero-order valence-electron chi connectivity index (χ0n) is 9.05. The summed E-state index contributed by atoms with van der Waals surface area (Å²) < 4.78 is 5.01. The summed E-state index contributed by atoms with van der Waals surface area (Å²) in [6.45, 7) is 0. The van der Waals surface area contributed by atoms with E-state index in [4.69, 9.17) is 15.6 Å². The molecule has 0 heterocycles. The normalized spacial score (nSPS) is 11.4. The summed E-state index contributed by atoms with van der Waals surface area (Å²) in [5.74, 6) is -0.0819. The van der Waals surface area contributed by atoms with Crippen molar-refractivity contribution in [1.82, 2.24) is 0 Å². The van der Waals surface area contributed by atoms with Crippen molar-refractivity contribution in [1.29, 1.82) is 0 Å².